The predicted octanol–water partition coefficient (Wildman–Crippen LogP) is 4.34. The van der Waals surface area contributed by atoms with Crippen molar-refractivity contribution < 1.29 is 0 Å². The summed E-state index contributed by atoms with van der Waals surface area (Å²) < 4.78 is 2.38. The lowest BCUT2D eigenvalue weighted by molar-refractivity contribution is 0.498. The highest BCUT2D eigenvalue weighted by atomic mass is 35.5. The fraction of sp³-hybridized carbons (Fsp3) is 0.389. The average molecular weight is 346 g/mol. The Labute approximate surface area is 145 Å². The SMILES string of the molecule is CC1CCc2c(sc3nc(-c4ccc(Cl)cc4)c(CCN)n23)C1. The van der Waals surface area contributed by atoms with E-state index in [9.17, 15) is 0 Å². The first-order valence-corrected chi connectivity index (χ1v) is 9.34. The molecule has 0 amide bonds. The molecule has 4 rings (SSSR count). The zero-order chi connectivity index (χ0) is 16.0. The van der Waals surface area contributed by atoms with Gasteiger partial charge < -0.3 is 5.73 Å². The monoisotopic (exact) mass is 345 g/mol. The number of thiazole rings is 1. The van der Waals surface area contributed by atoms with Crippen molar-refractivity contribution in [1.82, 2.24) is 9.38 Å². The summed E-state index contributed by atoms with van der Waals surface area (Å²) in [5.74, 6) is 0.777. The molecule has 1 unspecified atom stereocenters. The van der Waals surface area contributed by atoms with Crippen LogP contribution in [0.4, 0.5) is 0 Å². The standard InChI is InChI=1S/C18H20ClN3S/c1-11-2-7-14-16(10-11)23-18-21-17(15(8-9-20)22(14)18)12-3-5-13(19)6-4-12/h3-6,11H,2,7-10,20H2,1H3. The van der Waals surface area contributed by atoms with Crippen LogP contribution in [0.25, 0.3) is 16.2 Å². The molecule has 0 bridgehead atoms. The maximum atomic E-state index is 6.02. The fourth-order valence-corrected chi connectivity index (χ4v) is 4.96. The lowest BCUT2D eigenvalue weighted by Gasteiger charge is -2.18. The van der Waals surface area contributed by atoms with Crippen molar-refractivity contribution >= 4 is 27.9 Å². The molecule has 0 fully saturated rings. The van der Waals surface area contributed by atoms with Gasteiger partial charge in [0, 0.05) is 27.6 Å². The van der Waals surface area contributed by atoms with Crippen LogP contribution in [0.5, 0.6) is 0 Å². The molecule has 3 aromatic rings. The highest BCUT2D eigenvalue weighted by Crippen LogP contribution is 2.36. The van der Waals surface area contributed by atoms with Crippen LogP contribution in [0.15, 0.2) is 24.3 Å². The largest absolute Gasteiger partial charge is 0.330 e. The molecule has 0 radical (unpaired) electrons. The maximum absolute atomic E-state index is 6.02. The van der Waals surface area contributed by atoms with Gasteiger partial charge in [-0.1, -0.05) is 30.7 Å². The molecular formula is C18H20ClN3S. The zero-order valence-electron chi connectivity index (χ0n) is 13.2. The Bertz CT molecular complexity index is 847. The molecule has 23 heavy (non-hydrogen) atoms. The summed E-state index contributed by atoms with van der Waals surface area (Å²) >= 11 is 7.87. The van der Waals surface area contributed by atoms with Crippen molar-refractivity contribution in [3.63, 3.8) is 0 Å². The molecule has 1 aromatic carbocycles. The Balaban J connectivity index is 1.90. The summed E-state index contributed by atoms with van der Waals surface area (Å²) in [5.41, 5.74) is 10.8. The van der Waals surface area contributed by atoms with Gasteiger partial charge in [0.15, 0.2) is 4.96 Å². The van der Waals surface area contributed by atoms with Crippen LogP contribution in [0.3, 0.4) is 0 Å². The first-order chi connectivity index (χ1) is 11.2. The van der Waals surface area contributed by atoms with Crippen LogP contribution in [-0.2, 0) is 19.3 Å². The van der Waals surface area contributed by atoms with Gasteiger partial charge in [0.2, 0.25) is 0 Å². The summed E-state index contributed by atoms with van der Waals surface area (Å²) in [6.45, 7) is 2.97. The summed E-state index contributed by atoms with van der Waals surface area (Å²) in [7, 11) is 0. The van der Waals surface area contributed by atoms with E-state index in [1.807, 2.05) is 35.6 Å². The Hall–Kier alpha value is -1.36. The molecule has 1 aliphatic carbocycles. The van der Waals surface area contributed by atoms with E-state index in [1.165, 1.54) is 29.1 Å². The third-order valence-electron chi connectivity index (χ3n) is 4.65. The van der Waals surface area contributed by atoms with Crippen LogP contribution in [0, 0.1) is 5.92 Å². The summed E-state index contributed by atoms with van der Waals surface area (Å²) in [4.78, 5) is 7.56. The number of nitrogens with two attached hydrogens (primary N) is 1. The zero-order valence-corrected chi connectivity index (χ0v) is 14.8. The Morgan fingerprint density at radius 2 is 2.13 bits per heavy atom. The minimum atomic E-state index is 0.634. The lowest BCUT2D eigenvalue weighted by atomic mass is 9.93. The van der Waals surface area contributed by atoms with Crippen LogP contribution in [0.1, 0.15) is 29.6 Å². The Morgan fingerprint density at radius 1 is 1.35 bits per heavy atom. The van der Waals surface area contributed by atoms with Gasteiger partial charge in [-0.25, -0.2) is 4.98 Å². The van der Waals surface area contributed by atoms with E-state index in [1.54, 1.807) is 0 Å². The Morgan fingerprint density at radius 3 is 2.87 bits per heavy atom. The molecular weight excluding hydrogens is 326 g/mol. The first kappa shape index (κ1) is 15.2. The highest BCUT2D eigenvalue weighted by molar-refractivity contribution is 7.17. The van der Waals surface area contributed by atoms with E-state index in [-0.39, 0.29) is 0 Å². The molecule has 2 heterocycles. The van der Waals surface area contributed by atoms with Gasteiger partial charge in [-0.15, -0.1) is 11.3 Å². The number of halogens is 1. The molecule has 120 valence electrons. The van der Waals surface area contributed by atoms with Gasteiger partial charge in [0.25, 0.3) is 0 Å². The lowest BCUT2D eigenvalue weighted by Crippen LogP contribution is -2.13. The van der Waals surface area contributed by atoms with Gasteiger partial charge in [-0.2, -0.15) is 0 Å². The predicted molar refractivity (Wildman–Crippen MR) is 97.5 cm³/mol. The number of aryl methyl sites for hydroxylation is 1. The Kier molecular flexibility index (Phi) is 3.92. The van der Waals surface area contributed by atoms with Crippen molar-refractivity contribution in [2.24, 2.45) is 11.7 Å². The van der Waals surface area contributed by atoms with Gasteiger partial charge in [-0.3, -0.25) is 4.40 Å². The quantitative estimate of drug-likeness (QED) is 0.767. The molecule has 0 spiro atoms. The van der Waals surface area contributed by atoms with Crippen LogP contribution in [-0.4, -0.2) is 15.9 Å². The maximum Gasteiger partial charge on any atom is 0.194 e. The van der Waals surface area contributed by atoms with E-state index in [4.69, 9.17) is 22.3 Å². The number of hydrogen-bond donors (Lipinski definition) is 1. The molecule has 1 atom stereocenters. The van der Waals surface area contributed by atoms with Crippen LogP contribution in [0.2, 0.25) is 5.02 Å². The molecule has 0 saturated heterocycles. The molecule has 0 aliphatic heterocycles. The second kappa shape index (κ2) is 5.93. The van der Waals surface area contributed by atoms with Crippen molar-refractivity contribution in [2.45, 2.75) is 32.6 Å². The third-order valence-corrected chi connectivity index (χ3v) is 6.01. The van der Waals surface area contributed by atoms with E-state index >= 15 is 0 Å². The number of imidazole rings is 1. The fourth-order valence-electron chi connectivity index (χ4n) is 3.49. The number of fused-ring (bicyclic) bond motifs is 3. The number of hydrogen-bond acceptors (Lipinski definition) is 3. The molecule has 5 heteroatoms. The second-order valence-electron chi connectivity index (χ2n) is 6.39. The van der Waals surface area contributed by atoms with Gasteiger partial charge in [0.05, 0.1) is 11.4 Å². The minimum absolute atomic E-state index is 0.634. The van der Waals surface area contributed by atoms with Gasteiger partial charge in [0.1, 0.15) is 0 Å². The van der Waals surface area contributed by atoms with Crippen LogP contribution >= 0.6 is 22.9 Å². The highest BCUT2D eigenvalue weighted by Gasteiger charge is 2.25. The molecule has 2 aromatic heterocycles. The summed E-state index contributed by atoms with van der Waals surface area (Å²) in [5, 5.41) is 0.751. The number of rotatable bonds is 3. The average Bonchev–Trinajstić information content (AvgIpc) is 3.05. The summed E-state index contributed by atoms with van der Waals surface area (Å²) in [6.07, 6.45) is 4.43. The minimum Gasteiger partial charge on any atom is -0.330 e. The summed E-state index contributed by atoms with van der Waals surface area (Å²) in [6, 6.07) is 7.94. The van der Waals surface area contributed by atoms with Crippen LogP contribution < -0.4 is 5.73 Å². The first-order valence-electron chi connectivity index (χ1n) is 8.15. The second-order valence-corrected chi connectivity index (χ2v) is 7.89. The number of nitrogens with zero attached hydrogens (tertiary/aromatic N) is 2. The number of aromatic nitrogens is 2. The van der Waals surface area contributed by atoms with E-state index in [0.29, 0.717) is 6.54 Å². The number of benzene rings is 1. The molecule has 0 saturated carbocycles. The van der Waals surface area contributed by atoms with Gasteiger partial charge >= 0.3 is 0 Å². The van der Waals surface area contributed by atoms with Crippen molar-refractivity contribution in [3.8, 4) is 11.3 Å². The molecule has 1 aliphatic rings. The smallest absolute Gasteiger partial charge is 0.194 e. The van der Waals surface area contributed by atoms with Crippen molar-refractivity contribution in [3.05, 3.63) is 45.6 Å². The molecule has 2 N–H and O–H groups in total. The third kappa shape index (κ3) is 2.59. The van der Waals surface area contributed by atoms with E-state index in [2.05, 4.69) is 11.3 Å². The van der Waals surface area contributed by atoms with E-state index in [0.717, 1.165) is 40.0 Å². The molecule has 3 nitrogen and oxygen atoms in total. The van der Waals surface area contributed by atoms with E-state index < -0.39 is 0 Å². The van der Waals surface area contributed by atoms with Crippen molar-refractivity contribution in [1.29, 1.82) is 0 Å². The van der Waals surface area contributed by atoms with Crippen molar-refractivity contribution in [2.75, 3.05) is 6.54 Å². The topological polar surface area (TPSA) is 43.3 Å². The van der Waals surface area contributed by atoms with Gasteiger partial charge in [-0.05, 0) is 43.9 Å². The normalized spacial score (nSPS) is 17.6.